The van der Waals surface area contributed by atoms with Crippen molar-refractivity contribution in [2.24, 2.45) is 0 Å². The number of nitrogens with one attached hydrogen (secondary N) is 1. The predicted molar refractivity (Wildman–Crippen MR) is 100 cm³/mol. The first-order valence-corrected chi connectivity index (χ1v) is 8.21. The highest BCUT2D eigenvalue weighted by Crippen LogP contribution is 2.35. The van der Waals surface area contributed by atoms with E-state index in [1.54, 1.807) is 0 Å². The molecule has 0 fully saturated rings. The van der Waals surface area contributed by atoms with Gasteiger partial charge in [-0.05, 0) is 6.07 Å². The number of hydrogen-bond donors (Lipinski definition) is 1. The number of fused-ring (bicyclic) bond motifs is 1. The average Bonchev–Trinajstić information content (AvgIpc) is 2.97. The monoisotopic (exact) mass is 407 g/mol. The highest BCUT2D eigenvalue weighted by Gasteiger charge is 2.18. The lowest BCUT2D eigenvalue weighted by Gasteiger charge is -2.13. The van der Waals surface area contributed by atoms with Gasteiger partial charge in [0.25, 0.3) is 5.69 Å². The molecule has 0 saturated carbocycles. The molecule has 146 valence electrons. The van der Waals surface area contributed by atoms with Crippen molar-refractivity contribution < 1.29 is 23.6 Å². The van der Waals surface area contributed by atoms with Gasteiger partial charge in [0.2, 0.25) is 5.91 Å². The second-order valence-electron chi connectivity index (χ2n) is 5.60. The first-order valence-electron chi connectivity index (χ1n) is 7.83. The van der Waals surface area contributed by atoms with Crippen LogP contribution in [0.15, 0.2) is 39.5 Å². The molecule has 1 heterocycles. The summed E-state index contributed by atoms with van der Waals surface area (Å²) in [7, 11) is 2.84. The molecule has 0 atom stereocenters. The van der Waals surface area contributed by atoms with E-state index in [-0.39, 0.29) is 23.3 Å². The largest absolute Gasteiger partial charge is 0.495 e. The number of benzene rings is 2. The van der Waals surface area contributed by atoms with E-state index in [4.69, 9.17) is 25.5 Å². The number of nitro groups is 1. The molecule has 1 aromatic heterocycles. The summed E-state index contributed by atoms with van der Waals surface area (Å²) in [6, 6.07) is 6.65. The Morgan fingerprint density at radius 1 is 1.25 bits per heavy atom. The van der Waals surface area contributed by atoms with Gasteiger partial charge in [0.05, 0.1) is 41.4 Å². The molecule has 0 saturated heterocycles. The quantitative estimate of drug-likeness (QED) is 0.491. The second-order valence-corrected chi connectivity index (χ2v) is 6.01. The number of anilines is 1. The minimum atomic E-state index is -0.814. The molecule has 28 heavy (non-hydrogen) atoms. The minimum absolute atomic E-state index is 0.0118. The van der Waals surface area contributed by atoms with Crippen molar-refractivity contribution in [3.63, 3.8) is 0 Å². The Hall–Kier alpha value is -3.53. The van der Waals surface area contributed by atoms with E-state index in [0.717, 1.165) is 10.6 Å². The van der Waals surface area contributed by atoms with Gasteiger partial charge in [0, 0.05) is 18.2 Å². The molecule has 0 radical (unpaired) electrons. The molecule has 3 aromatic rings. The van der Waals surface area contributed by atoms with Crippen molar-refractivity contribution in [3.05, 3.63) is 56.0 Å². The number of carbonyl (C=O) groups excluding carboxylic acids is 1. The molecule has 11 heteroatoms. The van der Waals surface area contributed by atoms with Crippen LogP contribution in [-0.2, 0) is 11.3 Å². The molecule has 10 nitrogen and oxygen atoms in total. The lowest BCUT2D eigenvalue weighted by Crippen LogP contribution is -2.25. The van der Waals surface area contributed by atoms with Crippen LogP contribution in [-0.4, -0.2) is 29.6 Å². The Bertz CT molecular complexity index is 1140. The van der Waals surface area contributed by atoms with Gasteiger partial charge in [-0.1, -0.05) is 11.6 Å². The summed E-state index contributed by atoms with van der Waals surface area (Å²) in [6.45, 7) is -0.377. The zero-order valence-electron chi connectivity index (χ0n) is 14.7. The minimum Gasteiger partial charge on any atom is -0.495 e. The van der Waals surface area contributed by atoms with Crippen molar-refractivity contribution >= 4 is 40.0 Å². The van der Waals surface area contributed by atoms with E-state index in [0.29, 0.717) is 22.2 Å². The van der Waals surface area contributed by atoms with Crippen LogP contribution in [0.25, 0.3) is 11.1 Å². The van der Waals surface area contributed by atoms with Gasteiger partial charge in [-0.2, -0.15) is 0 Å². The van der Waals surface area contributed by atoms with Crippen LogP contribution in [0.1, 0.15) is 0 Å². The smallest absolute Gasteiger partial charge is 0.420 e. The summed E-state index contributed by atoms with van der Waals surface area (Å²) in [6.07, 6.45) is 0. The van der Waals surface area contributed by atoms with Gasteiger partial charge in [-0.15, -0.1) is 0 Å². The number of hydrogen-bond acceptors (Lipinski definition) is 7. The van der Waals surface area contributed by atoms with Gasteiger partial charge in [0.1, 0.15) is 18.0 Å². The van der Waals surface area contributed by atoms with Crippen LogP contribution < -0.4 is 20.5 Å². The van der Waals surface area contributed by atoms with Crippen LogP contribution >= 0.6 is 11.6 Å². The van der Waals surface area contributed by atoms with Crippen molar-refractivity contribution in [1.29, 1.82) is 0 Å². The number of aromatic nitrogens is 1. The standard InChI is InChI=1S/C17H14ClN3O7/c1-26-13-7-11(14(27-2)6-10(13)18)19-16(22)8-20-12-4-3-9(21(24)25)5-15(12)28-17(20)23/h3-7H,8H2,1-2H3,(H,19,22). The van der Waals surface area contributed by atoms with Gasteiger partial charge in [0.15, 0.2) is 5.58 Å². The Balaban J connectivity index is 1.89. The van der Waals surface area contributed by atoms with Gasteiger partial charge in [-0.3, -0.25) is 19.5 Å². The average molecular weight is 408 g/mol. The third-order valence-corrected chi connectivity index (χ3v) is 4.21. The van der Waals surface area contributed by atoms with E-state index < -0.39 is 16.6 Å². The maximum absolute atomic E-state index is 12.5. The molecule has 3 rings (SSSR count). The fraction of sp³-hybridized carbons (Fsp3) is 0.176. The number of nitrogens with zero attached hydrogens (tertiary/aromatic N) is 2. The number of non-ortho nitro benzene ring substituents is 1. The van der Waals surface area contributed by atoms with Crippen molar-refractivity contribution in [3.8, 4) is 11.5 Å². The Morgan fingerprint density at radius 2 is 1.96 bits per heavy atom. The fourth-order valence-corrected chi connectivity index (χ4v) is 2.84. The topological polar surface area (TPSA) is 126 Å². The molecule has 0 unspecified atom stereocenters. The van der Waals surface area contributed by atoms with Crippen molar-refractivity contribution in [2.75, 3.05) is 19.5 Å². The zero-order valence-corrected chi connectivity index (χ0v) is 15.5. The molecular weight excluding hydrogens is 394 g/mol. The highest BCUT2D eigenvalue weighted by molar-refractivity contribution is 6.32. The number of amides is 1. The molecule has 0 bridgehead atoms. The lowest BCUT2D eigenvalue weighted by atomic mass is 10.2. The lowest BCUT2D eigenvalue weighted by molar-refractivity contribution is -0.384. The Kier molecular flexibility index (Phi) is 5.23. The van der Waals surface area contributed by atoms with E-state index >= 15 is 0 Å². The van der Waals surface area contributed by atoms with Crippen LogP contribution in [0.3, 0.4) is 0 Å². The highest BCUT2D eigenvalue weighted by atomic mass is 35.5. The van der Waals surface area contributed by atoms with Crippen LogP contribution in [0.5, 0.6) is 11.5 Å². The van der Waals surface area contributed by atoms with E-state index in [1.165, 1.54) is 38.5 Å². The molecule has 0 aliphatic carbocycles. The number of nitro benzene ring substituents is 1. The number of oxazole rings is 1. The van der Waals surface area contributed by atoms with Crippen LogP contribution in [0, 0.1) is 10.1 Å². The number of rotatable bonds is 6. The van der Waals surface area contributed by atoms with Crippen molar-refractivity contribution in [2.45, 2.75) is 6.54 Å². The summed E-state index contributed by atoms with van der Waals surface area (Å²) < 4.78 is 16.4. The first-order chi connectivity index (χ1) is 13.3. The number of methoxy groups -OCH3 is 2. The zero-order chi connectivity index (χ0) is 20.4. The third kappa shape index (κ3) is 3.62. The summed E-state index contributed by atoms with van der Waals surface area (Å²) in [4.78, 5) is 34.7. The number of halogens is 1. The second kappa shape index (κ2) is 7.61. The summed E-state index contributed by atoms with van der Waals surface area (Å²) in [5, 5.41) is 13.8. The maximum Gasteiger partial charge on any atom is 0.420 e. The Labute approximate surface area is 162 Å². The molecular formula is C17H14ClN3O7. The predicted octanol–water partition coefficient (Wildman–Crippen LogP) is 2.81. The number of carbonyl (C=O) groups is 1. The SMILES string of the molecule is COc1cc(NC(=O)Cn2c(=O)oc3cc([N+](=O)[O-])ccc32)c(OC)cc1Cl. The molecule has 0 aliphatic heterocycles. The van der Waals surface area contributed by atoms with E-state index in [9.17, 15) is 19.7 Å². The summed E-state index contributed by atoms with van der Waals surface area (Å²) in [5.74, 6) is -0.729. The normalized spacial score (nSPS) is 10.7. The van der Waals surface area contributed by atoms with Crippen LogP contribution in [0.4, 0.5) is 11.4 Å². The van der Waals surface area contributed by atoms with Crippen molar-refractivity contribution in [1.82, 2.24) is 4.57 Å². The van der Waals surface area contributed by atoms with Crippen LogP contribution in [0.2, 0.25) is 5.02 Å². The number of ether oxygens (including phenoxy) is 2. The Morgan fingerprint density at radius 3 is 2.61 bits per heavy atom. The van der Waals surface area contributed by atoms with Gasteiger partial charge in [-0.25, -0.2) is 4.79 Å². The first kappa shape index (κ1) is 19.2. The molecule has 2 aromatic carbocycles. The molecule has 1 amide bonds. The molecule has 1 N–H and O–H groups in total. The maximum atomic E-state index is 12.5. The summed E-state index contributed by atoms with van der Waals surface area (Å²) in [5.41, 5.74) is 0.338. The van der Waals surface area contributed by atoms with Gasteiger partial charge < -0.3 is 19.2 Å². The van der Waals surface area contributed by atoms with Gasteiger partial charge >= 0.3 is 5.76 Å². The molecule has 0 aliphatic rings. The third-order valence-electron chi connectivity index (χ3n) is 3.91. The van der Waals surface area contributed by atoms with E-state index in [1.807, 2.05) is 0 Å². The van der Waals surface area contributed by atoms with E-state index in [2.05, 4.69) is 5.32 Å². The fourth-order valence-electron chi connectivity index (χ4n) is 2.61. The summed E-state index contributed by atoms with van der Waals surface area (Å²) >= 11 is 6.03. The molecule has 0 spiro atoms.